The van der Waals surface area contributed by atoms with E-state index >= 15 is 0 Å². The van der Waals surface area contributed by atoms with Crippen LogP contribution in [0.4, 0.5) is 0 Å². The van der Waals surface area contributed by atoms with E-state index < -0.39 is 45.1 Å². The zero-order valence-corrected chi connectivity index (χ0v) is 36.3. The third-order valence-electron chi connectivity index (χ3n) is 8.67. The molecule has 0 aromatic heterocycles. The molecule has 3 atom stereocenters. The van der Waals surface area contributed by atoms with Crippen molar-refractivity contribution >= 4 is 19.8 Å². The molecule has 0 aromatic rings. The highest BCUT2D eigenvalue weighted by Crippen LogP contribution is 2.43. The predicted molar refractivity (Wildman–Crippen MR) is 235 cm³/mol. The number of carbonyl (C=O) groups is 2. The number of hydrogen-bond acceptors (Lipinski definition) is 8. The van der Waals surface area contributed by atoms with E-state index in [9.17, 15) is 19.0 Å². The van der Waals surface area contributed by atoms with Gasteiger partial charge in [0.15, 0.2) is 0 Å². The topological polar surface area (TPSA) is 155 Å². The minimum atomic E-state index is -4.63. The van der Waals surface area contributed by atoms with Crippen molar-refractivity contribution in [2.24, 2.45) is 5.73 Å². The molecule has 0 aromatic carbocycles. The van der Waals surface area contributed by atoms with Crippen molar-refractivity contribution in [3.05, 3.63) is 85.1 Å². The monoisotopic (exact) mass is 820 g/mol. The van der Waals surface area contributed by atoms with Crippen LogP contribution in [0.15, 0.2) is 85.1 Å². The number of unbranched alkanes of at least 4 members (excludes halogenated alkanes) is 12. The third kappa shape index (κ3) is 41.1. The first-order valence-corrected chi connectivity index (χ1v) is 23.1. The molecule has 0 heterocycles. The van der Waals surface area contributed by atoms with E-state index in [-0.39, 0.29) is 13.0 Å². The third-order valence-corrected chi connectivity index (χ3v) is 9.62. The number of allylic oxidation sites excluding steroid dienone is 14. The van der Waals surface area contributed by atoms with Gasteiger partial charge in [-0.1, -0.05) is 150 Å². The van der Waals surface area contributed by atoms with E-state index in [0.717, 1.165) is 109 Å². The first-order chi connectivity index (χ1) is 27.7. The van der Waals surface area contributed by atoms with E-state index in [1.165, 1.54) is 19.3 Å². The van der Waals surface area contributed by atoms with Crippen LogP contribution < -0.4 is 5.73 Å². The number of phosphoric ester groups is 1. The van der Waals surface area contributed by atoms with Gasteiger partial charge in [0, 0.05) is 13.0 Å². The van der Waals surface area contributed by atoms with Gasteiger partial charge in [0.25, 0.3) is 0 Å². The molecule has 0 saturated heterocycles. The largest absolute Gasteiger partial charge is 0.480 e. The molecule has 0 bridgehead atoms. The van der Waals surface area contributed by atoms with Crippen molar-refractivity contribution in [1.29, 1.82) is 0 Å². The van der Waals surface area contributed by atoms with Crippen LogP contribution in [0.25, 0.3) is 0 Å². The normalized spacial score (nSPS) is 14.7. The maximum Gasteiger partial charge on any atom is 0.472 e. The molecule has 0 aliphatic rings. The van der Waals surface area contributed by atoms with E-state index in [4.69, 9.17) is 29.4 Å². The second kappa shape index (κ2) is 41.3. The smallest absolute Gasteiger partial charge is 0.472 e. The number of nitrogens with two attached hydrogens (primary N) is 1. The van der Waals surface area contributed by atoms with Gasteiger partial charge in [-0.15, -0.1) is 0 Å². The minimum absolute atomic E-state index is 0.00521. The molecule has 11 heteroatoms. The second-order valence-corrected chi connectivity index (χ2v) is 15.5. The Morgan fingerprint density at radius 1 is 0.561 bits per heavy atom. The van der Waals surface area contributed by atoms with Gasteiger partial charge in [-0.25, -0.2) is 4.57 Å². The predicted octanol–water partition coefficient (Wildman–Crippen LogP) is 12.0. The number of hydrogen-bond donors (Lipinski definition) is 3. The lowest BCUT2D eigenvalue weighted by atomic mass is 10.1. The summed E-state index contributed by atoms with van der Waals surface area (Å²) in [5, 5.41) is 8.90. The average Bonchev–Trinajstić information content (AvgIpc) is 3.19. The van der Waals surface area contributed by atoms with Crippen molar-refractivity contribution < 1.29 is 42.7 Å². The molecule has 0 fully saturated rings. The summed E-state index contributed by atoms with van der Waals surface area (Å²) in [5.74, 6) is -1.81. The van der Waals surface area contributed by atoms with Crippen LogP contribution in [0.1, 0.15) is 155 Å². The fourth-order valence-corrected chi connectivity index (χ4v) is 6.15. The van der Waals surface area contributed by atoms with Crippen LogP contribution in [0.2, 0.25) is 0 Å². The van der Waals surface area contributed by atoms with Gasteiger partial charge in [-0.2, -0.15) is 0 Å². The summed E-state index contributed by atoms with van der Waals surface area (Å²) >= 11 is 0. The second-order valence-electron chi connectivity index (χ2n) is 14.1. The molecule has 4 N–H and O–H groups in total. The Morgan fingerprint density at radius 3 is 1.44 bits per heavy atom. The molecule has 0 aliphatic carbocycles. The number of aliphatic carboxylic acids is 1. The van der Waals surface area contributed by atoms with E-state index in [1.807, 2.05) is 0 Å². The maximum absolute atomic E-state index is 12.6. The van der Waals surface area contributed by atoms with Gasteiger partial charge < -0.3 is 25.2 Å². The van der Waals surface area contributed by atoms with Crippen molar-refractivity contribution in [1.82, 2.24) is 0 Å². The van der Waals surface area contributed by atoms with Crippen molar-refractivity contribution in [2.75, 3.05) is 26.4 Å². The molecule has 10 nitrogen and oxygen atoms in total. The molecule has 0 aliphatic heterocycles. The Balaban J connectivity index is 4.31. The van der Waals surface area contributed by atoms with Gasteiger partial charge in [0.2, 0.25) is 0 Å². The number of carboxylic acids is 1. The summed E-state index contributed by atoms with van der Waals surface area (Å²) in [6.45, 7) is 3.58. The zero-order valence-electron chi connectivity index (χ0n) is 35.4. The van der Waals surface area contributed by atoms with Crippen molar-refractivity contribution in [2.45, 2.75) is 167 Å². The lowest BCUT2D eigenvalue weighted by molar-refractivity contribution is -0.154. The van der Waals surface area contributed by atoms with Gasteiger partial charge >= 0.3 is 19.8 Å². The van der Waals surface area contributed by atoms with Crippen molar-refractivity contribution in [3.8, 4) is 0 Å². The number of carboxylic acid groups (broad SMARTS) is 1. The van der Waals surface area contributed by atoms with Crippen LogP contribution in [0.3, 0.4) is 0 Å². The Morgan fingerprint density at radius 2 is 0.965 bits per heavy atom. The summed E-state index contributed by atoms with van der Waals surface area (Å²) in [4.78, 5) is 33.5. The molecule has 57 heavy (non-hydrogen) atoms. The van der Waals surface area contributed by atoms with Crippen LogP contribution in [-0.2, 0) is 32.7 Å². The highest BCUT2D eigenvalue weighted by Gasteiger charge is 2.27. The summed E-state index contributed by atoms with van der Waals surface area (Å²) in [5.41, 5.74) is 5.35. The molecule has 0 saturated carbocycles. The quantitative estimate of drug-likeness (QED) is 0.0235. The highest BCUT2D eigenvalue weighted by molar-refractivity contribution is 7.47. The fourth-order valence-electron chi connectivity index (χ4n) is 5.37. The summed E-state index contributed by atoms with van der Waals surface area (Å²) in [7, 11) is -4.63. The molecule has 3 unspecified atom stereocenters. The molecular formula is C46H78NO9P. The van der Waals surface area contributed by atoms with Crippen molar-refractivity contribution in [3.63, 3.8) is 0 Å². The lowest BCUT2D eigenvalue weighted by Gasteiger charge is -2.20. The Labute approximate surface area is 346 Å². The Bertz CT molecular complexity index is 1220. The Hall–Kier alpha value is -2.85. The first kappa shape index (κ1) is 54.2. The number of ether oxygens (including phenoxy) is 2. The standard InChI is InChI=1S/C46H78NO9P/c1-3-5-7-9-11-13-15-17-19-21-23-25-27-29-31-33-35-37-39-53-40-43(41-54-57(51,52)55-42-44(47)46(49)50)56-45(48)38-36-34-32-30-28-26-24-22-20-18-16-14-12-10-8-6-4-2/h5-8,11-14,17-20,23,25,43-44H,3-4,9-10,15-16,21-22,24,26-42,47H2,1-2H3,(H,49,50)(H,51,52)/b7-5-,8-6-,13-11-,14-12-,19-17-,20-18-,25-23-. The zero-order chi connectivity index (χ0) is 41.9. The fraction of sp³-hybridized carbons (Fsp3) is 0.652. The van der Waals surface area contributed by atoms with Crippen LogP contribution >= 0.6 is 7.82 Å². The first-order valence-electron chi connectivity index (χ1n) is 21.6. The lowest BCUT2D eigenvalue weighted by Crippen LogP contribution is -2.34. The number of carbonyl (C=O) groups excluding carboxylic acids is 1. The summed E-state index contributed by atoms with van der Waals surface area (Å²) in [6.07, 6.45) is 52.0. The van der Waals surface area contributed by atoms with Gasteiger partial charge in [0.05, 0.1) is 19.8 Å². The molecular weight excluding hydrogens is 741 g/mol. The molecule has 0 spiro atoms. The maximum atomic E-state index is 12.6. The molecule has 326 valence electrons. The van der Waals surface area contributed by atoms with E-state index in [1.54, 1.807) is 0 Å². The minimum Gasteiger partial charge on any atom is -0.480 e. The van der Waals surface area contributed by atoms with Gasteiger partial charge in [-0.05, 0) is 83.5 Å². The molecule has 0 amide bonds. The highest BCUT2D eigenvalue weighted by atomic mass is 31.2. The summed E-state index contributed by atoms with van der Waals surface area (Å²) in [6, 6.07) is -1.48. The van der Waals surface area contributed by atoms with Crippen LogP contribution in [0.5, 0.6) is 0 Å². The molecule has 0 radical (unpaired) electrons. The van der Waals surface area contributed by atoms with Crippen LogP contribution in [-0.4, -0.2) is 60.5 Å². The number of esters is 1. The summed E-state index contributed by atoms with van der Waals surface area (Å²) < 4.78 is 33.3. The Kier molecular flexibility index (Phi) is 39.2. The number of rotatable bonds is 40. The SMILES string of the molecule is CC/C=C\C/C=C\C/C=C\C/C=C\CCCCCCCOCC(COP(=O)(O)OCC(N)C(=O)O)OC(=O)CCCCCCCCC/C=C\C/C=C\C/C=C\CC. The van der Waals surface area contributed by atoms with Crippen LogP contribution in [0, 0.1) is 0 Å². The number of phosphoric acid groups is 1. The van der Waals surface area contributed by atoms with E-state index in [0.29, 0.717) is 13.0 Å². The van der Waals surface area contributed by atoms with Gasteiger partial charge in [-0.3, -0.25) is 18.6 Å². The van der Waals surface area contributed by atoms with Gasteiger partial charge in [0.1, 0.15) is 12.1 Å². The molecule has 0 rings (SSSR count). The van der Waals surface area contributed by atoms with E-state index in [2.05, 4.69) is 98.9 Å². The average molecular weight is 820 g/mol.